The second kappa shape index (κ2) is 6.50. The van der Waals surface area contributed by atoms with Crippen molar-refractivity contribution in [1.29, 1.82) is 0 Å². The highest BCUT2D eigenvalue weighted by Gasteiger charge is 2.40. The molecule has 0 fully saturated rings. The smallest absolute Gasteiger partial charge is 0.261 e. The maximum absolute atomic E-state index is 14.4. The number of halogens is 2. The second-order valence-corrected chi connectivity index (χ2v) is 7.21. The summed E-state index contributed by atoms with van der Waals surface area (Å²) in [7, 11) is 0. The molecule has 3 nitrogen and oxygen atoms in total. The molecule has 118 valence electrons. The van der Waals surface area contributed by atoms with Crippen LogP contribution >= 0.6 is 27.7 Å². The van der Waals surface area contributed by atoms with Crippen LogP contribution in [-0.4, -0.2) is 17.6 Å². The van der Waals surface area contributed by atoms with Gasteiger partial charge in [0.2, 0.25) is 0 Å². The molecule has 0 spiro atoms. The van der Waals surface area contributed by atoms with Crippen LogP contribution in [0.4, 0.5) is 10.1 Å². The average molecular weight is 394 g/mol. The molecular formula is C17H13BrFNO2S. The summed E-state index contributed by atoms with van der Waals surface area (Å²) in [6, 6.07) is 2.78. The summed E-state index contributed by atoms with van der Waals surface area (Å²) < 4.78 is 14.9. The largest absolute Gasteiger partial charge is 0.269 e. The normalized spacial score (nSPS) is 17.5. The van der Waals surface area contributed by atoms with Crippen LogP contribution in [0, 0.1) is 18.2 Å². The molecule has 2 aliphatic rings. The minimum Gasteiger partial charge on any atom is -0.269 e. The monoisotopic (exact) mass is 393 g/mol. The third kappa shape index (κ3) is 2.84. The summed E-state index contributed by atoms with van der Waals surface area (Å²) in [5.41, 5.74) is 1.08. The van der Waals surface area contributed by atoms with E-state index in [1.165, 1.54) is 23.9 Å². The van der Waals surface area contributed by atoms with Gasteiger partial charge in [-0.1, -0.05) is 5.92 Å². The molecule has 0 N–H and O–H groups in total. The Hall–Kier alpha value is -1.58. The van der Waals surface area contributed by atoms with Crippen molar-refractivity contribution in [2.24, 2.45) is 0 Å². The van der Waals surface area contributed by atoms with Crippen LogP contribution in [0.15, 0.2) is 32.6 Å². The summed E-state index contributed by atoms with van der Waals surface area (Å²) in [5.74, 6) is 1.53. The molecule has 0 radical (unpaired) electrons. The van der Waals surface area contributed by atoms with Crippen molar-refractivity contribution in [2.45, 2.75) is 30.6 Å². The zero-order valence-electron chi connectivity index (χ0n) is 12.2. The van der Waals surface area contributed by atoms with Gasteiger partial charge in [0, 0.05) is 20.5 Å². The Balaban J connectivity index is 2.01. The van der Waals surface area contributed by atoms with Crippen LogP contribution in [0.5, 0.6) is 0 Å². The number of imide groups is 1. The van der Waals surface area contributed by atoms with Crippen LogP contribution in [0.25, 0.3) is 0 Å². The molecule has 0 atom stereocenters. The predicted molar refractivity (Wildman–Crippen MR) is 91.6 cm³/mol. The van der Waals surface area contributed by atoms with Crippen LogP contribution in [0.2, 0.25) is 0 Å². The Morgan fingerprint density at radius 3 is 2.39 bits per heavy atom. The molecule has 1 aromatic rings. The van der Waals surface area contributed by atoms with Gasteiger partial charge in [-0.2, -0.15) is 0 Å². The predicted octanol–water partition coefficient (Wildman–Crippen LogP) is 4.06. The Morgan fingerprint density at radius 2 is 1.83 bits per heavy atom. The summed E-state index contributed by atoms with van der Waals surface area (Å²) in [4.78, 5) is 26.8. The number of hydrogen-bond acceptors (Lipinski definition) is 3. The summed E-state index contributed by atoms with van der Waals surface area (Å²) in [6.45, 7) is 0. The lowest BCUT2D eigenvalue weighted by Crippen LogP contribution is -2.32. The van der Waals surface area contributed by atoms with E-state index >= 15 is 0 Å². The Bertz CT molecular complexity index is 754. The number of rotatable bonds is 3. The zero-order valence-corrected chi connectivity index (χ0v) is 14.6. The lowest BCUT2D eigenvalue weighted by atomic mass is 9.93. The molecule has 0 saturated carbocycles. The number of carbonyl (C=O) groups excluding carboxylic acids is 2. The molecule has 1 aromatic carbocycles. The van der Waals surface area contributed by atoms with Gasteiger partial charge in [0.15, 0.2) is 0 Å². The van der Waals surface area contributed by atoms with Gasteiger partial charge in [-0.25, -0.2) is 9.29 Å². The van der Waals surface area contributed by atoms with E-state index in [2.05, 4.69) is 21.9 Å². The summed E-state index contributed by atoms with van der Waals surface area (Å²) >= 11 is 4.63. The van der Waals surface area contributed by atoms with Crippen LogP contribution in [0.1, 0.15) is 25.7 Å². The van der Waals surface area contributed by atoms with E-state index in [1.807, 2.05) is 0 Å². The van der Waals surface area contributed by atoms with E-state index in [4.69, 9.17) is 6.42 Å². The van der Waals surface area contributed by atoms with Gasteiger partial charge in [0.25, 0.3) is 11.8 Å². The van der Waals surface area contributed by atoms with E-state index in [9.17, 15) is 14.0 Å². The SMILES string of the molecule is C#CCSc1cc(N2C(=O)C3=C(CCCC3)C2=O)c(F)cc1Br. The fourth-order valence-electron chi connectivity index (χ4n) is 2.88. The topological polar surface area (TPSA) is 37.4 Å². The first-order valence-electron chi connectivity index (χ1n) is 7.20. The number of terminal acetylenes is 1. The zero-order chi connectivity index (χ0) is 16.6. The van der Waals surface area contributed by atoms with Gasteiger partial charge >= 0.3 is 0 Å². The van der Waals surface area contributed by atoms with Crippen molar-refractivity contribution in [1.82, 2.24) is 0 Å². The molecule has 6 heteroatoms. The first-order valence-corrected chi connectivity index (χ1v) is 8.98. The minimum atomic E-state index is -0.608. The lowest BCUT2D eigenvalue weighted by molar-refractivity contribution is -0.120. The molecule has 0 aromatic heterocycles. The maximum atomic E-state index is 14.4. The van der Waals surface area contributed by atoms with Crippen molar-refractivity contribution < 1.29 is 14.0 Å². The van der Waals surface area contributed by atoms with Crippen LogP contribution in [-0.2, 0) is 9.59 Å². The van der Waals surface area contributed by atoms with E-state index in [1.54, 1.807) is 0 Å². The highest BCUT2D eigenvalue weighted by molar-refractivity contribution is 9.10. The molecule has 2 amide bonds. The molecular weight excluding hydrogens is 381 g/mol. The molecule has 23 heavy (non-hydrogen) atoms. The van der Waals surface area contributed by atoms with Crippen molar-refractivity contribution in [3.05, 3.63) is 33.6 Å². The number of thioether (sulfide) groups is 1. The highest BCUT2D eigenvalue weighted by Crippen LogP contribution is 2.39. The van der Waals surface area contributed by atoms with E-state index in [0.717, 1.165) is 17.7 Å². The Labute approximate surface area is 146 Å². The average Bonchev–Trinajstić information content (AvgIpc) is 2.79. The fourth-order valence-corrected chi connectivity index (χ4v) is 4.17. The van der Waals surface area contributed by atoms with Crippen LogP contribution in [0.3, 0.4) is 0 Å². The van der Waals surface area contributed by atoms with Gasteiger partial charge < -0.3 is 0 Å². The number of nitrogens with zero attached hydrogens (tertiary/aromatic N) is 1. The number of hydrogen-bond donors (Lipinski definition) is 0. The van der Waals surface area contributed by atoms with E-state index < -0.39 is 5.82 Å². The molecule has 1 aliphatic carbocycles. The molecule has 3 rings (SSSR count). The van der Waals surface area contributed by atoms with Crippen molar-refractivity contribution >= 4 is 45.2 Å². The van der Waals surface area contributed by atoms with Crippen molar-refractivity contribution in [3.63, 3.8) is 0 Å². The van der Waals surface area contributed by atoms with E-state index in [0.29, 0.717) is 39.1 Å². The fraction of sp³-hybridized carbons (Fsp3) is 0.294. The van der Waals surface area contributed by atoms with Gasteiger partial charge in [0.05, 0.1) is 11.4 Å². The Kier molecular flexibility index (Phi) is 4.60. The van der Waals surface area contributed by atoms with Gasteiger partial charge in [-0.05, 0) is 53.7 Å². The second-order valence-electron chi connectivity index (χ2n) is 5.34. The van der Waals surface area contributed by atoms with Crippen molar-refractivity contribution in [3.8, 4) is 12.3 Å². The number of amides is 2. The molecule has 1 aliphatic heterocycles. The number of benzene rings is 1. The summed E-state index contributed by atoms with van der Waals surface area (Å²) in [6.07, 6.45) is 8.21. The molecule has 0 unspecified atom stereocenters. The minimum absolute atomic E-state index is 0.00267. The first-order chi connectivity index (χ1) is 11.0. The third-order valence-electron chi connectivity index (χ3n) is 3.94. The highest BCUT2D eigenvalue weighted by atomic mass is 79.9. The number of anilines is 1. The lowest BCUT2D eigenvalue weighted by Gasteiger charge is -2.17. The van der Waals surface area contributed by atoms with Gasteiger partial charge in [-0.3, -0.25) is 9.59 Å². The van der Waals surface area contributed by atoms with Crippen molar-refractivity contribution in [2.75, 3.05) is 10.7 Å². The quantitative estimate of drug-likeness (QED) is 0.441. The third-order valence-corrected chi connectivity index (χ3v) is 5.82. The molecule has 0 saturated heterocycles. The van der Waals surface area contributed by atoms with Crippen LogP contribution < -0.4 is 4.90 Å². The molecule has 1 heterocycles. The Morgan fingerprint density at radius 1 is 1.22 bits per heavy atom. The first kappa shape index (κ1) is 16.3. The standard InChI is InChI=1S/C17H13BrFNO2S/c1-2-7-23-15-9-14(13(19)8-12(15)18)20-16(21)10-5-3-4-6-11(10)17(20)22/h1,8-9H,3-7H2. The summed E-state index contributed by atoms with van der Waals surface area (Å²) in [5, 5.41) is 0. The van der Waals surface area contributed by atoms with E-state index in [-0.39, 0.29) is 17.5 Å². The van der Waals surface area contributed by atoms with Gasteiger partial charge in [-0.15, -0.1) is 18.2 Å². The molecule has 0 bridgehead atoms. The number of carbonyl (C=O) groups is 2. The maximum Gasteiger partial charge on any atom is 0.261 e. The van der Waals surface area contributed by atoms with Gasteiger partial charge in [0.1, 0.15) is 5.82 Å².